The minimum Gasteiger partial charge on any atom is -0.489 e. The zero-order valence-electron chi connectivity index (χ0n) is 15.0. The number of rotatable bonds is 7. The first-order valence-electron chi connectivity index (χ1n) is 8.29. The van der Waals surface area contributed by atoms with Crippen molar-refractivity contribution >= 4 is 16.8 Å². The van der Waals surface area contributed by atoms with Gasteiger partial charge in [-0.15, -0.1) is 0 Å². The topological polar surface area (TPSA) is 89.6 Å². The maximum Gasteiger partial charge on any atom is 0.316 e. The molecule has 0 fully saturated rings. The van der Waals surface area contributed by atoms with Crippen molar-refractivity contribution in [3.63, 3.8) is 0 Å². The fraction of sp³-hybridized carbons (Fsp3) is 0.200. The van der Waals surface area contributed by atoms with Gasteiger partial charge in [0.2, 0.25) is 0 Å². The summed E-state index contributed by atoms with van der Waals surface area (Å²) >= 11 is 0. The van der Waals surface area contributed by atoms with Gasteiger partial charge in [-0.05, 0) is 55.3 Å². The quantitative estimate of drug-likeness (QED) is 0.666. The second-order valence-electron chi connectivity index (χ2n) is 6.04. The summed E-state index contributed by atoms with van der Waals surface area (Å²) in [6.45, 7) is 4.16. The van der Waals surface area contributed by atoms with E-state index >= 15 is 0 Å². The maximum absolute atomic E-state index is 11.8. The van der Waals surface area contributed by atoms with Crippen LogP contribution in [0.1, 0.15) is 17.0 Å². The van der Waals surface area contributed by atoms with Crippen LogP contribution in [0, 0.1) is 13.8 Å². The molecule has 27 heavy (non-hydrogen) atoms. The molecule has 1 N–H and O–H groups in total. The summed E-state index contributed by atoms with van der Waals surface area (Å²) in [5.74, 6) is -0.106. The molecule has 0 saturated carbocycles. The Morgan fingerprint density at radius 1 is 1.19 bits per heavy atom. The molecule has 1 atom stereocenters. The lowest BCUT2D eigenvalue weighted by atomic mass is 10.0. The molecule has 0 aliphatic rings. The summed E-state index contributed by atoms with van der Waals surface area (Å²) < 4.78 is 22.8. The number of hydrogen-bond donors (Lipinski definition) is 1. The van der Waals surface area contributed by atoms with Gasteiger partial charge in [0.15, 0.2) is 0 Å². The predicted molar refractivity (Wildman–Crippen MR) is 101 cm³/mol. The van der Waals surface area contributed by atoms with Crippen molar-refractivity contribution in [2.45, 2.75) is 25.3 Å². The van der Waals surface area contributed by atoms with Gasteiger partial charge in [-0.2, -0.15) is 0 Å². The molecule has 140 valence electrons. The van der Waals surface area contributed by atoms with Gasteiger partial charge in [0, 0.05) is 10.5 Å². The van der Waals surface area contributed by atoms with Gasteiger partial charge in [0.05, 0.1) is 16.5 Å². The number of nitrogens with zero attached hydrogens (tertiary/aromatic N) is 1. The third-order valence-corrected chi connectivity index (χ3v) is 5.30. The summed E-state index contributed by atoms with van der Waals surface area (Å²) in [5, 5.41) is 12.7. The second kappa shape index (κ2) is 8.18. The van der Waals surface area contributed by atoms with E-state index in [1.165, 1.54) is 0 Å². The van der Waals surface area contributed by atoms with E-state index in [2.05, 4.69) is 5.16 Å². The molecular weight excluding hydrogens is 366 g/mol. The fourth-order valence-electron chi connectivity index (χ4n) is 2.76. The molecule has 2 aromatic carbocycles. The number of carbonyl (C=O) groups is 1. The number of aliphatic carboxylic acids is 1. The van der Waals surface area contributed by atoms with Gasteiger partial charge in [-0.3, -0.25) is 9.00 Å². The number of benzene rings is 2. The van der Waals surface area contributed by atoms with Crippen LogP contribution >= 0.6 is 0 Å². The number of carboxylic acids is 1. The van der Waals surface area contributed by atoms with Crippen LogP contribution < -0.4 is 4.74 Å². The van der Waals surface area contributed by atoms with Gasteiger partial charge < -0.3 is 14.4 Å². The molecule has 1 aromatic heterocycles. The Bertz CT molecular complexity index is 959. The Morgan fingerprint density at radius 3 is 2.56 bits per heavy atom. The highest BCUT2D eigenvalue weighted by atomic mass is 32.2. The van der Waals surface area contributed by atoms with Crippen LogP contribution in [-0.2, 0) is 22.2 Å². The van der Waals surface area contributed by atoms with E-state index in [0.29, 0.717) is 17.3 Å². The second-order valence-corrected chi connectivity index (χ2v) is 7.49. The highest BCUT2D eigenvalue weighted by Gasteiger charge is 2.12. The van der Waals surface area contributed by atoms with Gasteiger partial charge in [-0.25, -0.2) is 0 Å². The maximum atomic E-state index is 11.8. The molecule has 0 saturated heterocycles. The number of carboxylic acid groups (broad SMARTS) is 1. The van der Waals surface area contributed by atoms with E-state index in [1.54, 1.807) is 24.3 Å². The van der Waals surface area contributed by atoms with Crippen LogP contribution in [0.15, 0.2) is 57.9 Å². The van der Waals surface area contributed by atoms with Gasteiger partial charge in [-0.1, -0.05) is 23.4 Å². The lowest BCUT2D eigenvalue weighted by Crippen LogP contribution is -2.09. The molecule has 3 aromatic rings. The molecule has 7 heteroatoms. The molecule has 0 aliphatic heterocycles. The Morgan fingerprint density at radius 2 is 1.93 bits per heavy atom. The van der Waals surface area contributed by atoms with Crippen molar-refractivity contribution in [3.05, 3.63) is 65.5 Å². The minimum absolute atomic E-state index is 0.370. The van der Waals surface area contributed by atoms with Gasteiger partial charge in [0.1, 0.15) is 23.9 Å². The van der Waals surface area contributed by atoms with Crippen LogP contribution in [-0.4, -0.2) is 26.2 Å². The molecule has 3 rings (SSSR count). The van der Waals surface area contributed by atoms with Crippen LogP contribution in [0.25, 0.3) is 11.1 Å². The van der Waals surface area contributed by atoms with E-state index < -0.39 is 22.5 Å². The van der Waals surface area contributed by atoms with E-state index in [1.807, 2.05) is 38.1 Å². The fourth-order valence-corrected chi connectivity index (χ4v) is 3.59. The smallest absolute Gasteiger partial charge is 0.316 e. The summed E-state index contributed by atoms with van der Waals surface area (Å²) in [6, 6.07) is 14.6. The number of aromatic nitrogens is 1. The van der Waals surface area contributed by atoms with Crippen LogP contribution in [0.2, 0.25) is 0 Å². The first-order chi connectivity index (χ1) is 12.9. The Hall–Kier alpha value is -2.93. The van der Waals surface area contributed by atoms with Crippen molar-refractivity contribution in [2.75, 3.05) is 5.75 Å². The third kappa shape index (κ3) is 4.62. The molecule has 0 radical (unpaired) electrons. The zero-order chi connectivity index (χ0) is 19.4. The highest BCUT2D eigenvalue weighted by Crippen LogP contribution is 2.27. The summed E-state index contributed by atoms with van der Waals surface area (Å²) in [4.78, 5) is 11.1. The molecule has 1 unspecified atom stereocenters. The van der Waals surface area contributed by atoms with E-state index in [-0.39, 0.29) is 0 Å². The number of ether oxygens (including phenoxy) is 1. The molecular formula is C20H19NO5S. The average molecular weight is 385 g/mol. The lowest BCUT2D eigenvalue weighted by molar-refractivity contribution is -0.133. The van der Waals surface area contributed by atoms with Gasteiger partial charge >= 0.3 is 5.97 Å². The normalized spacial score (nSPS) is 11.9. The third-order valence-electron chi connectivity index (χ3n) is 4.00. The average Bonchev–Trinajstić information content (AvgIpc) is 2.98. The minimum atomic E-state index is -1.56. The largest absolute Gasteiger partial charge is 0.489 e. The van der Waals surface area contributed by atoms with E-state index in [4.69, 9.17) is 14.4 Å². The molecule has 6 nitrogen and oxygen atoms in total. The molecule has 1 heterocycles. The molecule has 0 amide bonds. The molecule has 0 bridgehead atoms. The monoisotopic (exact) mass is 385 g/mol. The van der Waals surface area contributed by atoms with Crippen LogP contribution in [0.4, 0.5) is 0 Å². The predicted octanol–water partition coefficient (Wildman–Crippen LogP) is 3.73. The zero-order valence-corrected chi connectivity index (χ0v) is 15.8. The molecule has 0 spiro atoms. The van der Waals surface area contributed by atoms with Crippen molar-refractivity contribution < 1.29 is 23.4 Å². The Kier molecular flexibility index (Phi) is 5.71. The van der Waals surface area contributed by atoms with E-state index in [9.17, 15) is 9.00 Å². The van der Waals surface area contributed by atoms with Crippen molar-refractivity contribution in [2.24, 2.45) is 0 Å². The van der Waals surface area contributed by atoms with Crippen LogP contribution in [0.3, 0.4) is 0 Å². The number of aryl methyl sites for hydroxylation is 2. The lowest BCUT2D eigenvalue weighted by Gasteiger charge is -2.09. The van der Waals surface area contributed by atoms with Gasteiger partial charge in [0.25, 0.3) is 0 Å². The first kappa shape index (κ1) is 18.8. The summed E-state index contributed by atoms with van der Waals surface area (Å²) in [5.41, 5.74) is 3.84. The summed E-state index contributed by atoms with van der Waals surface area (Å²) in [6.07, 6.45) is 0. The van der Waals surface area contributed by atoms with E-state index in [0.717, 1.165) is 28.1 Å². The summed E-state index contributed by atoms with van der Waals surface area (Å²) in [7, 11) is -1.56. The van der Waals surface area contributed by atoms with Crippen LogP contribution in [0.5, 0.6) is 5.75 Å². The SMILES string of the molecule is Cc1noc(C)c1-c1cccc(COc2ccc(S(=O)CC(=O)O)cc2)c1. The Balaban J connectivity index is 1.68. The van der Waals surface area contributed by atoms with Crippen molar-refractivity contribution in [1.82, 2.24) is 5.16 Å². The standard InChI is InChI=1S/C20H19NO5S/c1-13-20(14(2)26-21-13)16-5-3-4-15(10-16)11-25-17-6-8-18(9-7-17)27(24)12-19(22)23/h3-10H,11-12H2,1-2H3,(H,22,23). The number of hydrogen-bond acceptors (Lipinski definition) is 5. The Labute approximate surface area is 159 Å². The first-order valence-corrected chi connectivity index (χ1v) is 9.61. The van der Waals surface area contributed by atoms with Crippen molar-refractivity contribution in [3.8, 4) is 16.9 Å². The molecule has 0 aliphatic carbocycles. The van der Waals surface area contributed by atoms with Crippen molar-refractivity contribution in [1.29, 1.82) is 0 Å². The highest BCUT2D eigenvalue weighted by molar-refractivity contribution is 7.85.